The van der Waals surface area contributed by atoms with Crippen molar-refractivity contribution in [1.29, 1.82) is 0 Å². The minimum absolute atomic E-state index is 0.0119. The van der Waals surface area contributed by atoms with Crippen molar-refractivity contribution < 1.29 is 30.7 Å². The van der Waals surface area contributed by atoms with Gasteiger partial charge in [-0.05, 0) is 97.6 Å². The molecule has 2 aromatic rings. The van der Waals surface area contributed by atoms with Crippen molar-refractivity contribution in [1.82, 2.24) is 0 Å². The molecule has 7 heteroatoms. The number of halogens is 7. The maximum Gasteiger partial charge on any atom is 0.422 e. The zero-order valence-corrected chi connectivity index (χ0v) is 17.3. The molecule has 32 heavy (non-hydrogen) atoms. The Labute approximate surface area is 182 Å². The first-order chi connectivity index (χ1) is 15.1. The van der Waals surface area contributed by atoms with E-state index in [1.54, 1.807) is 0 Å². The number of hydrogen-bond acceptors (Lipinski definition) is 0. The maximum absolute atomic E-state index is 15.4. The van der Waals surface area contributed by atoms with Gasteiger partial charge in [0.15, 0.2) is 0 Å². The first-order valence-corrected chi connectivity index (χ1v) is 10.8. The summed E-state index contributed by atoms with van der Waals surface area (Å²) in [6, 6.07) is 1.90. The monoisotopic (exact) mass is 456 g/mol. The van der Waals surface area contributed by atoms with Gasteiger partial charge in [0.25, 0.3) is 0 Å². The second-order valence-corrected chi connectivity index (χ2v) is 8.88. The predicted octanol–water partition coefficient (Wildman–Crippen LogP) is 8.34. The number of allylic oxidation sites excluding steroid dienone is 1. The molecule has 0 nitrogen and oxygen atoms in total. The molecule has 2 aromatic carbocycles. The van der Waals surface area contributed by atoms with Crippen LogP contribution in [0.15, 0.2) is 30.9 Å². The molecule has 3 atom stereocenters. The SMILES string of the molecule is C=CCCC1CCC2c3cc(F)c(-c4cc(F)c(C(F)(F)F)c(F)c4)c(F)c3CCC2C1. The fourth-order valence-electron chi connectivity index (χ4n) is 5.55. The molecular formula is C25H23F7. The molecule has 4 rings (SSSR count). The van der Waals surface area contributed by atoms with Crippen molar-refractivity contribution in [2.75, 3.05) is 0 Å². The molecular weight excluding hydrogens is 433 g/mol. The Morgan fingerprint density at radius 1 is 0.938 bits per heavy atom. The van der Waals surface area contributed by atoms with Crippen LogP contribution in [0.25, 0.3) is 11.1 Å². The predicted molar refractivity (Wildman–Crippen MR) is 108 cm³/mol. The van der Waals surface area contributed by atoms with Gasteiger partial charge in [-0.3, -0.25) is 0 Å². The van der Waals surface area contributed by atoms with Gasteiger partial charge in [0.05, 0.1) is 5.56 Å². The van der Waals surface area contributed by atoms with Gasteiger partial charge in [-0.25, -0.2) is 17.6 Å². The molecule has 2 aliphatic carbocycles. The minimum atomic E-state index is -5.25. The Hall–Kier alpha value is -2.31. The van der Waals surface area contributed by atoms with Gasteiger partial charge < -0.3 is 0 Å². The summed E-state index contributed by atoms with van der Waals surface area (Å²) in [6.07, 6.45) is 2.45. The number of benzene rings is 2. The smallest absolute Gasteiger partial charge is 0.206 e. The van der Waals surface area contributed by atoms with E-state index in [1.165, 1.54) is 6.07 Å². The van der Waals surface area contributed by atoms with E-state index < -0.39 is 46.1 Å². The number of fused-ring (bicyclic) bond motifs is 3. The maximum atomic E-state index is 15.4. The van der Waals surface area contributed by atoms with Gasteiger partial charge in [0.1, 0.15) is 28.8 Å². The molecule has 0 radical (unpaired) electrons. The fraction of sp³-hybridized carbons (Fsp3) is 0.440. The molecule has 0 aliphatic heterocycles. The molecule has 0 N–H and O–H groups in total. The van der Waals surface area contributed by atoms with E-state index in [0.717, 1.165) is 38.5 Å². The van der Waals surface area contributed by atoms with Crippen molar-refractivity contribution in [2.45, 2.75) is 57.0 Å². The summed E-state index contributed by atoms with van der Waals surface area (Å²) in [4.78, 5) is 0. The highest BCUT2D eigenvalue weighted by Gasteiger charge is 2.40. The van der Waals surface area contributed by atoms with Crippen LogP contribution in [-0.2, 0) is 12.6 Å². The zero-order chi connectivity index (χ0) is 23.2. The van der Waals surface area contributed by atoms with Crippen molar-refractivity contribution in [3.63, 3.8) is 0 Å². The second kappa shape index (κ2) is 8.56. The van der Waals surface area contributed by atoms with E-state index in [4.69, 9.17) is 0 Å². The standard InChI is InChI=1S/C25H23F7/c1-2-3-4-13-5-7-16-14(9-13)6-8-17-18(16)12-19(26)22(24(17)29)15-10-20(27)23(21(28)11-15)25(30,31)32/h2,10-14,16H,1,3-9H2. The Morgan fingerprint density at radius 2 is 1.62 bits per heavy atom. The van der Waals surface area contributed by atoms with Crippen LogP contribution in [0.5, 0.6) is 0 Å². The molecule has 2 aliphatic rings. The first-order valence-electron chi connectivity index (χ1n) is 10.8. The molecule has 0 aromatic heterocycles. The van der Waals surface area contributed by atoms with Gasteiger partial charge in [-0.15, -0.1) is 6.58 Å². The molecule has 0 spiro atoms. The van der Waals surface area contributed by atoms with E-state index in [0.29, 0.717) is 41.5 Å². The van der Waals surface area contributed by atoms with Gasteiger partial charge in [-0.2, -0.15) is 13.2 Å². The molecule has 0 bridgehead atoms. The van der Waals surface area contributed by atoms with Crippen LogP contribution in [0.4, 0.5) is 30.7 Å². The van der Waals surface area contributed by atoms with Crippen molar-refractivity contribution in [3.8, 4) is 11.1 Å². The number of hydrogen-bond donors (Lipinski definition) is 0. The van der Waals surface area contributed by atoms with Gasteiger partial charge in [-0.1, -0.05) is 6.08 Å². The lowest BCUT2D eigenvalue weighted by atomic mass is 9.64. The topological polar surface area (TPSA) is 0 Å². The van der Waals surface area contributed by atoms with Crippen molar-refractivity contribution in [3.05, 3.63) is 70.8 Å². The summed E-state index contributed by atoms with van der Waals surface area (Å²) in [6.45, 7) is 3.75. The summed E-state index contributed by atoms with van der Waals surface area (Å²) in [7, 11) is 0. The van der Waals surface area contributed by atoms with Crippen LogP contribution in [0, 0.1) is 35.1 Å². The highest BCUT2D eigenvalue weighted by Crippen LogP contribution is 2.50. The highest BCUT2D eigenvalue weighted by atomic mass is 19.4. The van der Waals surface area contributed by atoms with E-state index in [-0.39, 0.29) is 5.92 Å². The fourth-order valence-corrected chi connectivity index (χ4v) is 5.55. The van der Waals surface area contributed by atoms with Crippen LogP contribution in [0.1, 0.15) is 61.1 Å². The Morgan fingerprint density at radius 3 is 2.25 bits per heavy atom. The average Bonchev–Trinajstić information content (AvgIpc) is 2.70. The molecule has 0 heterocycles. The van der Waals surface area contributed by atoms with Crippen molar-refractivity contribution >= 4 is 0 Å². The van der Waals surface area contributed by atoms with E-state index in [1.807, 2.05) is 6.08 Å². The molecule has 1 fully saturated rings. The Bertz CT molecular complexity index is 1010. The summed E-state index contributed by atoms with van der Waals surface area (Å²) >= 11 is 0. The summed E-state index contributed by atoms with van der Waals surface area (Å²) in [5.74, 6) is -4.87. The van der Waals surface area contributed by atoms with Crippen LogP contribution in [-0.4, -0.2) is 0 Å². The largest absolute Gasteiger partial charge is 0.422 e. The average molecular weight is 456 g/mol. The molecule has 1 saturated carbocycles. The van der Waals surface area contributed by atoms with E-state index in [2.05, 4.69) is 6.58 Å². The van der Waals surface area contributed by atoms with Crippen LogP contribution < -0.4 is 0 Å². The molecule has 172 valence electrons. The van der Waals surface area contributed by atoms with Gasteiger partial charge in [0.2, 0.25) is 0 Å². The first kappa shape index (κ1) is 22.9. The van der Waals surface area contributed by atoms with Gasteiger partial charge in [0, 0.05) is 0 Å². The van der Waals surface area contributed by atoms with Gasteiger partial charge >= 0.3 is 6.18 Å². The molecule has 0 amide bonds. The minimum Gasteiger partial charge on any atom is -0.206 e. The zero-order valence-electron chi connectivity index (χ0n) is 17.3. The number of rotatable bonds is 4. The van der Waals surface area contributed by atoms with E-state index in [9.17, 15) is 22.0 Å². The second-order valence-electron chi connectivity index (χ2n) is 8.88. The Balaban J connectivity index is 1.70. The van der Waals surface area contributed by atoms with Crippen LogP contribution in [0.2, 0.25) is 0 Å². The third-order valence-corrected chi connectivity index (χ3v) is 7.00. The number of alkyl halides is 3. The van der Waals surface area contributed by atoms with Crippen LogP contribution in [0.3, 0.4) is 0 Å². The lowest BCUT2D eigenvalue weighted by Crippen LogP contribution is -2.29. The summed E-state index contributed by atoms with van der Waals surface area (Å²) in [5, 5.41) is 0. The summed E-state index contributed by atoms with van der Waals surface area (Å²) < 4.78 is 97.0. The third kappa shape index (κ3) is 4.06. The highest BCUT2D eigenvalue weighted by molar-refractivity contribution is 5.68. The third-order valence-electron chi connectivity index (χ3n) is 7.00. The molecule has 0 saturated heterocycles. The lowest BCUT2D eigenvalue weighted by Gasteiger charge is -2.41. The summed E-state index contributed by atoms with van der Waals surface area (Å²) in [5.41, 5.74) is -2.46. The molecule has 3 unspecified atom stereocenters. The quantitative estimate of drug-likeness (QED) is 0.320. The normalized spacial score (nSPS) is 22.9. The van der Waals surface area contributed by atoms with Crippen molar-refractivity contribution in [2.24, 2.45) is 11.8 Å². The van der Waals surface area contributed by atoms with Crippen LogP contribution >= 0.6 is 0 Å². The van der Waals surface area contributed by atoms with E-state index >= 15 is 8.78 Å². The Kier molecular flexibility index (Phi) is 6.12. The lowest BCUT2D eigenvalue weighted by molar-refractivity contribution is -0.142.